The van der Waals surface area contributed by atoms with Crippen molar-refractivity contribution in [3.8, 4) is 0 Å². The van der Waals surface area contributed by atoms with Crippen LogP contribution in [0.5, 0.6) is 0 Å². The number of rotatable bonds is 2. The van der Waals surface area contributed by atoms with Crippen molar-refractivity contribution in [2.24, 2.45) is 0 Å². The number of nitrogens with one attached hydrogen (secondary N) is 1. The quantitative estimate of drug-likeness (QED) is 0.864. The highest BCUT2D eigenvalue weighted by atomic mass is 16.5. The van der Waals surface area contributed by atoms with Gasteiger partial charge < -0.3 is 10.1 Å². The van der Waals surface area contributed by atoms with E-state index in [1.807, 2.05) is 0 Å². The lowest BCUT2D eigenvalue weighted by Gasteiger charge is -2.43. The van der Waals surface area contributed by atoms with Crippen LogP contribution in [0, 0.1) is 0 Å². The Morgan fingerprint density at radius 2 is 1.72 bits per heavy atom. The summed E-state index contributed by atoms with van der Waals surface area (Å²) in [5.74, 6) is 0.580. The average Bonchev–Trinajstić information content (AvgIpc) is 2.34. The minimum atomic E-state index is -0.203. The fourth-order valence-electron chi connectivity index (χ4n) is 2.26. The molecule has 2 heteroatoms. The molecule has 0 aliphatic carbocycles. The second kappa shape index (κ2) is 4.67. The molecule has 0 amide bonds. The molecule has 1 aliphatic heterocycles. The zero-order chi connectivity index (χ0) is 13.4. The molecule has 1 saturated heterocycles. The van der Waals surface area contributed by atoms with Crippen molar-refractivity contribution in [2.75, 3.05) is 13.2 Å². The lowest BCUT2D eigenvalue weighted by molar-refractivity contribution is -0.0949. The van der Waals surface area contributed by atoms with Gasteiger partial charge >= 0.3 is 0 Å². The lowest BCUT2D eigenvalue weighted by Crippen LogP contribution is -2.56. The van der Waals surface area contributed by atoms with Crippen LogP contribution in [0.15, 0.2) is 24.3 Å². The fraction of sp³-hybridized carbons (Fsp3) is 0.625. The van der Waals surface area contributed by atoms with Gasteiger partial charge in [0, 0.05) is 12.1 Å². The third-order valence-corrected chi connectivity index (χ3v) is 3.84. The van der Waals surface area contributed by atoms with Crippen LogP contribution in [0.3, 0.4) is 0 Å². The van der Waals surface area contributed by atoms with Gasteiger partial charge in [-0.3, -0.25) is 0 Å². The molecule has 1 N–H and O–H groups in total. The molecule has 0 bridgehead atoms. The zero-order valence-electron chi connectivity index (χ0n) is 12.2. The maximum absolute atomic E-state index is 6.10. The van der Waals surface area contributed by atoms with Crippen LogP contribution < -0.4 is 5.32 Å². The first-order chi connectivity index (χ1) is 8.32. The van der Waals surface area contributed by atoms with Crippen LogP contribution >= 0.6 is 0 Å². The van der Waals surface area contributed by atoms with Crippen molar-refractivity contribution >= 4 is 0 Å². The van der Waals surface area contributed by atoms with Gasteiger partial charge in [-0.2, -0.15) is 0 Å². The summed E-state index contributed by atoms with van der Waals surface area (Å²) in [6.07, 6.45) is 0. The van der Waals surface area contributed by atoms with Crippen molar-refractivity contribution < 1.29 is 4.74 Å². The molecule has 0 saturated carbocycles. The number of benzene rings is 1. The Morgan fingerprint density at radius 1 is 1.11 bits per heavy atom. The van der Waals surface area contributed by atoms with Gasteiger partial charge in [-0.05, 0) is 37.8 Å². The Morgan fingerprint density at radius 3 is 2.17 bits per heavy atom. The first-order valence-electron chi connectivity index (χ1n) is 6.82. The van der Waals surface area contributed by atoms with E-state index in [9.17, 15) is 0 Å². The van der Waals surface area contributed by atoms with Crippen LogP contribution in [0.1, 0.15) is 51.7 Å². The predicted molar refractivity (Wildman–Crippen MR) is 75.9 cm³/mol. The number of morpholine rings is 1. The zero-order valence-corrected chi connectivity index (χ0v) is 12.2. The van der Waals surface area contributed by atoms with Gasteiger partial charge in [0.2, 0.25) is 0 Å². The van der Waals surface area contributed by atoms with Crippen LogP contribution in [0.4, 0.5) is 0 Å². The maximum atomic E-state index is 6.10. The summed E-state index contributed by atoms with van der Waals surface area (Å²) in [6, 6.07) is 8.84. The summed E-state index contributed by atoms with van der Waals surface area (Å²) < 4.78 is 6.10. The number of hydrogen-bond acceptors (Lipinski definition) is 2. The molecule has 1 heterocycles. The van der Waals surface area contributed by atoms with E-state index < -0.39 is 0 Å². The van der Waals surface area contributed by atoms with E-state index in [1.54, 1.807) is 0 Å². The topological polar surface area (TPSA) is 21.3 Å². The molecule has 2 rings (SSSR count). The monoisotopic (exact) mass is 247 g/mol. The summed E-state index contributed by atoms with van der Waals surface area (Å²) in [6.45, 7) is 12.6. The number of ether oxygens (including phenoxy) is 1. The van der Waals surface area contributed by atoms with Crippen molar-refractivity contribution in [1.82, 2.24) is 5.32 Å². The minimum Gasteiger partial charge on any atom is -0.367 e. The highest BCUT2D eigenvalue weighted by Crippen LogP contribution is 2.30. The average molecular weight is 247 g/mol. The van der Waals surface area contributed by atoms with Crippen molar-refractivity contribution in [2.45, 2.75) is 51.7 Å². The van der Waals surface area contributed by atoms with Gasteiger partial charge in [-0.15, -0.1) is 0 Å². The Hall–Kier alpha value is -0.860. The van der Waals surface area contributed by atoms with E-state index in [0.29, 0.717) is 5.92 Å². The molecule has 0 spiro atoms. The molecule has 1 aliphatic rings. The third kappa shape index (κ3) is 2.76. The Balaban J connectivity index is 2.16. The van der Waals surface area contributed by atoms with Crippen LogP contribution in [0.25, 0.3) is 0 Å². The molecule has 100 valence electrons. The van der Waals surface area contributed by atoms with Crippen LogP contribution in [-0.4, -0.2) is 18.7 Å². The molecule has 0 aromatic heterocycles. The lowest BCUT2D eigenvalue weighted by atomic mass is 9.89. The van der Waals surface area contributed by atoms with Crippen molar-refractivity contribution in [1.29, 1.82) is 0 Å². The standard InChI is InChI=1S/C16H25NO/c1-12(2)13-6-8-14(9-7-13)16(5)10-17-15(3,4)11-18-16/h6-9,12,17H,10-11H2,1-5H3. The molecule has 18 heavy (non-hydrogen) atoms. The van der Waals surface area contributed by atoms with Gasteiger partial charge in [0.15, 0.2) is 0 Å². The Labute approximate surface area is 111 Å². The molecular formula is C16H25NO. The summed E-state index contributed by atoms with van der Waals surface area (Å²) in [5, 5.41) is 3.56. The molecule has 1 aromatic carbocycles. The second-order valence-corrected chi connectivity index (χ2v) is 6.53. The van der Waals surface area contributed by atoms with Crippen molar-refractivity contribution in [3.63, 3.8) is 0 Å². The normalized spacial score (nSPS) is 27.4. The summed E-state index contributed by atoms with van der Waals surface area (Å²) in [7, 11) is 0. The Bertz CT molecular complexity index is 396. The molecule has 2 nitrogen and oxygen atoms in total. The first kappa shape index (κ1) is 13.6. The Kier molecular flexibility index (Phi) is 3.52. The van der Waals surface area contributed by atoms with E-state index in [0.717, 1.165) is 13.2 Å². The number of hydrogen-bond donors (Lipinski definition) is 1. The van der Waals surface area contributed by atoms with E-state index >= 15 is 0 Å². The van der Waals surface area contributed by atoms with E-state index in [2.05, 4.69) is 64.2 Å². The highest BCUT2D eigenvalue weighted by Gasteiger charge is 2.36. The maximum Gasteiger partial charge on any atom is 0.103 e. The van der Waals surface area contributed by atoms with Crippen LogP contribution in [-0.2, 0) is 10.3 Å². The molecule has 1 atom stereocenters. The molecule has 1 aromatic rings. The van der Waals surface area contributed by atoms with Gasteiger partial charge in [-0.1, -0.05) is 38.1 Å². The second-order valence-electron chi connectivity index (χ2n) is 6.53. The molecule has 1 fully saturated rings. The minimum absolute atomic E-state index is 0.0807. The predicted octanol–water partition coefficient (Wildman–Crippen LogP) is 3.42. The van der Waals surface area contributed by atoms with Gasteiger partial charge in [0.1, 0.15) is 5.60 Å². The smallest absolute Gasteiger partial charge is 0.103 e. The van der Waals surface area contributed by atoms with Gasteiger partial charge in [0.05, 0.1) is 6.61 Å². The van der Waals surface area contributed by atoms with Gasteiger partial charge in [0.25, 0.3) is 0 Å². The summed E-state index contributed by atoms with van der Waals surface area (Å²) in [4.78, 5) is 0. The highest BCUT2D eigenvalue weighted by molar-refractivity contribution is 5.29. The SMILES string of the molecule is CC(C)c1ccc(C2(C)CNC(C)(C)CO2)cc1. The fourth-order valence-corrected chi connectivity index (χ4v) is 2.26. The van der Waals surface area contributed by atoms with Gasteiger partial charge in [-0.25, -0.2) is 0 Å². The van der Waals surface area contributed by atoms with Crippen LogP contribution in [0.2, 0.25) is 0 Å². The van der Waals surface area contributed by atoms with E-state index in [1.165, 1.54) is 11.1 Å². The van der Waals surface area contributed by atoms with E-state index in [4.69, 9.17) is 4.74 Å². The van der Waals surface area contributed by atoms with Crippen molar-refractivity contribution in [3.05, 3.63) is 35.4 Å². The largest absolute Gasteiger partial charge is 0.367 e. The summed E-state index contributed by atoms with van der Waals surface area (Å²) >= 11 is 0. The van der Waals surface area contributed by atoms with E-state index in [-0.39, 0.29) is 11.1 Å². The summed E-state index contributed by atoms with van der Waals surface area (Å²) in [5.41, 5.74) is 2.52. The molecule has 0 radical (unpaired) electrons. The molecule has 1 unspecified atom stereocenters. The molecular weight excluding hydrogens is 222 g/mol. The first-order valence-corrected chi connectivity index (χ1v) is 6.82. The third-order valence-electron chi connectivity index (χ3n) is 3.84.